The molecule has 1 amide bonds. The van der Waals surface area contributed by atoms with Gasteiger partial charge in [-0.1, -0.05) is 11.6 Å². The van der Waals surface area contributed by atoms with Crippen LogP contribution in [0.15, 0.2) is 36.2 Å². The summed E-state index contributed by atoms with van der Waals surface area (Å²) in [4.78, 5) is 29.6. The van der Waals surface area contributed by atoms with E-state index in [-0.39, 0.29) is 29.4 Å². The molecule has 4 heterocycles. The molecule has 4 aromatic rings. The number of rotatable bonds is 8. The Bertz CT molecular complexity index is 1330. The van der Waals surface area contributed by atoms with Gasteiger partial charge in [-0.2, -0.15) is 15.0 Å². The van der Waals surface area contributed by atoms with Gasteiger partial charge in [-0.25, -0.2) is 19.9 Å². The van der Waals surface area contributed by atoms with Crippen molar-refractivity contribution in [2.24, 2.45) is 0 Å². The van der Waals surface area contributed by atoms with E-state index in [9.17, 15) is 4.79 Å². The highest BCUT2D eigenvalue weighted by Crippen LogP contribution is 2.26. The van der Waals surface area contributed by atoms with Gasteiger partial charge in [0.2, 0.25) is 12.0 Å². The van der Waals surface area contributed by atoms with Crippen molar-refractivity contribution in [3.05, 3.63) is 47.0 Å². The normalized spacial score (nSPS) is 12.0. The van der Waals surface area contributed by atoms with Crippen LogP contribution in [-0.4, -0.2) is 54.4 Å². The predicted octanol–water partition coefficient (Wildman–Crippen LogP) is 3.00. The van der Waals surface area contributed by atoms with Crippen LogP contribution in [0.5, 0.6) is 5.88 Å². The van der Waals surface area contributed by atoms with Gasteiger partial charge in [0.15, 0.2) is 22.3 Å². The van der Waals surface area contributed by atoms with Gasteiger partial charge in [0.25, 0.3) is 5.91 Å². The molecule has 168 valence electrons. The molecule has 1 N–H and O–H groups in total. The van der Waals surface area contributed by atoms with Crippen LogP contribution in [0.25, 0.3) is 16.9 Å². The fourth-order valence-electron chi connectivity index (χ4n) is 2.75. The number of aromatic nitrogens is 6. The Balaban J connectivity index is 1.62. The molecule has 1 atom stereocenters. The molecule has 0 bridgehead atoms. The Morgan fingerprint density at radius 1 is 1.36 bits per heavy atom. The van der Waals surface area contributed by atoms with E-state index in [1.54, 1.807) is 23.7 Å². The molecule has 1 unspecified atom stereocenters. The van der Waals surface area contributed by atoms with Gasteiger partial charge >= 0.3 is 0 Å². The molecular formula is C20H17ClN8O3S. The summed E-state index contributed by atoms with van der Waals surface area (Å²) in [5.74, 6) is 0.0393. The van der Waals surface area contributed by atoms with Crippen molar-refractivity contribution in [3.8, 4) is 17.8 Å². The number of anilines is 1. The summed E-state index contributed by atoms with van der Waals surface area (Å²) >= 11 is 7.38. The molecule has 0 aliphatic heterocycles. The maximum atomic E-state index is 12.9. The number of ether oxygens (including phenoxy) is 2. The first kappa shape index (κ1) is 22.5. The van der Waals surface area contributed by atoms with Crippen LogP contribution in [0.4, 0.5) is 5.13 Å². The second-order valence-electron chi connectivity index (χ2n) is 6.91. The van der Waals surface area contributed by atoms with Crippen molar-refractivity contribution in [2.45, 2.75) is 26.1 Å². The number of carbonyl (C=O) groups is 1. The van der Waals surface area contributed by atoms with Crippen LogP contribution in [0.1, 0.15) is 19.5 Å². The highest BCUT2D eigenvalue weighted by Gasteiger charge is 2.25. The highest BCUT2D eigenvalue weighted by molar-refractivity contribution is 7.14. The maximum Gasteiger partial charge on any atom is 0.269 e. The monoisotopic (exact) mass is 484 g/mol. The number of thiazole rings is 1. The standard InChI is InChI=1S/C20H17ClN8O3S/c1-11(2)31-8-15(18(30)28-20-27-12(6-22)9-33-20)32-19-13-7-26-29(16(13)24-10-25-19)17-14(21)4-3-5-23-17/h3-5,7,9-11,15H,8H2,1-2H3,(H,27,28,30). The van der Waals surface area contributed by atoms with E-state index in [1.165, 1.54) is 17.2 Å². The number of nitriles is 1. The summed E-state index contributed by atoms with van der Waals surface area (Å²) in [7, 11) is 0. The van der Waals surface area contributed by atoms with Crippen molar-refractivity contribution in [1.29, 1.82) is 5.26 Å². The molecule has 13 heteroatoms. The molecule has 11 nitrogen and oxygen atoms in total. The molecule has 0 saturated heterocycles. The van der Waals surface area contributed by atoms with E-state index < -0.39 is 12.0 Å². The van der Waals surface area contributed by atoms with Crippen LogP contribution in [0, 0.1) is 11.3 Å². The van der Waals surface area contributed by atoms with Crippen molar-refractivity contribution in [3.63, 3.8) is 0 Å². The van der Waals surface area contributed by atoms with Crippen LogP contribution < -0.4 is 10.1 Å². The average molecular weight is 485 g/mol. The Kier molecular flexibility index (Phi) is 6.74. The van der Waals surface area contributed by atoms with Crippen molar-refractivity contribution >= 4 is 45.0 Å². The van der Waals surface area contributed by atoms with Gasteiger partial charge in [0.05, 0.1) is 23.9 Å². The number of fused-ring (bicyclic) bond motifs is 1. The van der Waals surface area contributed by atoms with Gasteiger partial charge < -0.3 is 9.47 Å². The predicted molar refractivity (Wildman–Crippen MR) is 120 cm³/mol. The summed E-state index contributed by atoms with van der Waals surface area (Å²) in [6, 6.07) is 5.32. The van der Waals surface area contributed by atoms with E-state index in [0.29, 0.717) is 21.9 Å². The molecule has 0 radical (unpaired) electrons. The first-order valence-corrected chi connectivity index (χ1v) is 11.0. The number of hydrogen-bond acceptors (Lipinski definition) is 10. The van der Waals surface area contributed by atoms with Gasteiger partial charge in [0, 0.05) is 11.6 Å². The Morgan fingerprint density at radius 3 is 2.94 bits per heavy atom. The molecule has 33 heavy (non-hydrogen) atoms. The van der Waals surface area contributed by atoms with Crippen LogP contribution in [0.3, 0.4) is 0 Å². The lowest BCUT2D eigenvalue weighted by Gasteiger charge is -2.19. The first-order chi connectivity index (χ1) is 16.0. The summed E-state index contributed by atoms with van der Waals surface area (Å²) in [6.07, 6.45) is 3.21. The fourth-order valence-corrected chi connectivity index (χ4v) is 3.59. The third kappa shape index (κ3) is 5.06. The number of hydrogen-bond donors (Lipinski definition) is 1. The lowest BCUT2D eigenvalue weighted by molar-refractivity contribution is -0.126. The Labute approximate surface area is 197 Å². The molecule has 0 aliphatic carbocycles. The number of nitrogens with one attached hydrogen (secondary N) is 1. The van der Waals surface area contributed by atoms with Crippen LogP contribution in [0.2, 0.25) is 5.02 Å². The topological polar surface area (TPSA) is 141 Å². The first-order valence-electron chi connectivity index (χ1n) is 9.70. The molecule has 0 saturated carbocycles. The zero-order valence-corrected chi connectivity index (χ0v) is 19.0. The van der Waals surface area contributed by atoms with Crippen molar-refractivity contribution in [2.75, 3.05) is 11.9 Å². The Morgan fingerprint density at radius 2 is 2.21 bits per heavy atom. The maximum absolute atomic E-state index is 12.9. The molecule has 0 aliphatic rings. The summed E-state index contributed by atoms with van der Waals surface area (Å²) in [5.41, 5.74) is 0.618. The molecular weight excluding hydrogens is 468 g/mol. The van der Waals surface area contributed by atoms with Crippen LogP contribution in [-0.2, 0) is 9.53 Å². The van der Waals surface area contributed by atoms with Gasteiger partial charge in [-0.3, -0.25) is 10.1 Å². The van der Waals surface area contributed by atoms with Crippen molar-refractivity contribution < 1.29 is 14.3 Å². The number of carbonyl (C=O) groups excluding carboxylic acids is 1. The van der Waals surface area contributed by atoms with Gasteiger partial charge in [-0.05, 0) is 26.0 Å². The largest absolute Gasteiger partial charge is 0.461 e. The average Bonchev–Trinajstić information content (AvgIpc) is 3.44. The van der Waals surface area contributed by atoms with E-state index in [0.717, 1.165) is 11.3 Å². The highest BCUT2D eigenvalue weighted by atomic mass is 35.5. The molecule has 4 rings (SSSR count). The molecule has 0 fully saturated rings. The fraction of sp³-hybridized carbons (Fsp3) is 0.250. The number of nitrogens with zero attached hydrogens (tertiary/aromatic N) is 7. The number of pyridine rings is 1. The quantitative estimate of drug-likeness (QED) is 0.399. The van der Waals surface area contributed by atoms with Gasteiger partial charge in [-0.15, -0.1) is 11.3 Å². The van der Waals surface area contributed by atoms with Crippen LogP contribution >= 0.6 is 22.9 Å². The molecule has 0 aromatic carbocycles. The zero-order chi connectivity index (χ0) is 23.4. The third-order valence-electron chi connectivity index (χ3n) is 4.25. The van der Waals surface area contributed by atoms with Crippen molar-refractivity contribution in [1.82, 2.24) is 29.7 Å². The Hall–Kier alpha value is -3.66. The second kappa shape index (κ2) is 9.86. The smallest absolute Gasteiger partial charge is 0.269 e. The van der Waals surface area contributed by atoms with E-state index >= 15 is 0 Å². The minimum Gasteiger partial charge on any atom is -0.461 e. The van der Waals surface area contributed by atoms with Gasteiger partial charge in [0.1, 0.15) is 17.8 Å². The van der Waals surface area contributed by atoms with E-state index in [2.05, 4.69) is 30.4 Å². The minimum absolute atomic E-state index is 0.0360. The zero-order valence-electron chi connectivity index (χ0n) is 17.5. The molecule has 4 aromatic heterocycles. The lowest BCUT2D eigenvalue weighted by atomic mass is 10.3. The lowest BCUT2D eigenvalue weighted by Crippen LogP contribution is -2.38. The summed E-state index contributed by atoms with van der Waals surface area (Å²) in [6.45, 7) is 3.66. The second-order valence-corrected chi connectivity index (χ2v) is 8.17. The van der Waals surface area contributed by atoms with E-state index in [4.69, 9.17) is 26.3 Å². The third-order valence-corrected chi connectivity index (χ3v) is 5.30. The van der Waals surface area contributed by atoms with E-state index in [1.807, 2.05) is 19.9 Å². The molecule has 0 spiro atoms. The minimum atomic E-state index is -1.05. The SMILES string of the molecule is CC(C)OCC(Oc1ncnc2c1cnn2-c1ncccc1Cl)C(=O)Nc1nc(C#N)cs1. The summed E-state index contributed by atoms with van der Waals surface area (Å²) in [5, 5.41) is 18.6. The number of amides is 1. The summed E-state index contributed by atoms with van der Waals surface area (Å²) < 4.78 is 13.0. The number of halogens is 1.